The average molecular weight is 356 g/mol. The predicted octanol–water partition coefficient (Wildman–Crippen LogP) is 3.90. The summed E-state index contributed by atoms with van der Waals surface area (Å²) in [4.78, 5) is 31.2. The summed E-state index contributed by atoms with van der Waals surface area (Å²) in [5.41, 5.74) is 1.91. The van der Waals surface area contributed by atoms with Gasteiger partial charge in [-0.25, -0.2) is 0 Å². The molecule has 0 aliphatic carbocycles. The molecule has 0 radical (unpaired) electrons. The van der Waals surface area contributed by atoms with Gasteiger partial charge >= 0.3 is 0 Å². The zero-order valence-electron chi connectivity index (χ0n) is 12.8. The second-order valence-electron chi connectivity index (χ2n) is 5.01. The number of carbonyl (C=O) groups excluding carboxylic acids is 2. The van der Waals surface area contributed by atoms with Crippen LogP contribution in [0.5, 0.6) is 0 Å². The van der Waals surface area contributed by atoms with Gasteiger partial charge < -0.3 is 9.97 Å². The number of aromatic nitrogens is 2. The SMILES string of the molecule is O=C(/C=C/c1ccc[nH]1)C(C(=O)/C=C/c1ccc[nH]1)=C1SCCS1. The Morgan fingerprint density at radius 2 is 1.38 bits per heavy atom. The summed E-state index contributed by atoms with van der Waals surface area (Å²) in [6.45, 7) is 0. The van der Waals surface area contributed by atoms with Crippen LogP contribution < -0.4 is 0 Å². The number of rotatable bonds is 6. The minimum Gasteiger partial charge on any atom is -0.362 e. The van der Waals surface area contributed by atoms with E-state index in [4.69, 9.17) is 0 Å². The fourth-order valence-corrected chi connectivity index (χ4v) is 4.73. The molecule has 3 heterocycles. The lowest BCUT2D eigenvalue weighted by Gasteiger charge is -2.03. The van der Waals surface area contributed by atoms with Crippen LogP contribution in [0.3, 0.4) is 0 Å². The zero-order valence-corrected chi connectivity index (χ0v) is 14.5. The highest BCUT2D eigenvalue weighted by atomic mass is 32.2. The molecule has 2 N–H and O–H groups in total. The lowest BCUT2D eigenvalue weighted by Crippen LogP contribution is -2.10. The van der Waals surface area contributed by atoms with E-state index in [0.29, 0.717) is 0 Å². The molecule has 0 unspecified atom stereocenters. The number of aromatic amines is 2. The Hall–Kier alpha value is -2.18. The lowest BCUT2D eigenvalue weighted by atomic mass is 10.1. The summed E-state index contributed by atoms with van der Waals surface area (Å²) in [5, 5.41) is 0. The van der Waals surface area contributed by atoms with Gasteiger partial charge in [-0.2, -0.15) is 0 Å². The van der Waals surface area contributed by atoms with Crippen LogP contribution in [-0.2, 0) is 9.59 Å². The molecule has 0 atom stereocenters. The minimum absolute atomic E-state index is 0.258. The first-order valence-electron chi connectivity index (χ1n) is 7.45. The van der Waals surface area contributed by atoms with E-state index >= 15 is 0 Å². The lowest BCUT2D eigenvalue weighted by molar-refractivity contribution is -0.116. The normalized spacial score (nSPS) is 14.8. The minimum atomic E-state index is -0.261. The third kappa shape index (κ3) is 4.21. The van der Waals surface area contributed by atoms with E-state index in [9.17, 15) is 9.59 Å². The van der Waals surface area contributed by atoms with Crippen molar-refractivity contribution in [2.75, 3.05) is 11.5 Å². The topological polar surface area (TPSA) is 65.7 Å². The van der Waals surface area contributed by atoms with Crippen LogP contribution in [0.15, 0.2) is 58.6 Å². The second-order valence-corrected chi connectivity index (χ2v) is 7.47. The molecule has 0 spiro atoms. The average Bonchev–Trinajstić information content (AvgIpc) is 3.34. The molecule has 4 nitrogen and oxygen atoms in total. The Morgan fingerprint density at radius 1 is 0.875 bits per heavy atom. The van der Waals surface area contributed by atoms with Crippen LogP contribution in [0.1, 0.15) is 11.4 Å². The van der Waals surface area contributed by atoms with E-state index in [1.54, 1.807) is 48.1 Å². The Morgan fingerprint density at radius 3 is 1.79 bits per heavy atom. The first-order valence-corrected chi connectivity index (χ1v) is 9.42. The van der Waals surface area contributed by atoms with Crippen LogP contribution in [0.4, 0.5) is 0 Å². The van der Waals surface area contributed by atoms with Crippen molar-refractivity contribution in [1.82, 2.24) is 9.97 Å². The third-order valence-corrected chi connectivity index (χ3v) is 6.03. The van der Waals surface area contributed by atoms with E-state index in [1.165, 1.54) is 12.2 Å². The molecule has 122 valence electrons. The van der Waals surface area contributed by atoms with Crippen molar-refractivity contribution in [1.29, 1.82) is 0 Å². The van der Waals surface area contributed by atoms with E-state index < -0.39 is 0 Å². The van der Waals surface area contributed by atoms with Crippen molar-refractivity contribution in [3.63, 3.8) is 0 Å². The number of thioether (sulfide) groups is 2. The number of ketones is 2. The molecule has 24 heavy (non-hydrogen) atoms. The first kappa shape index (κ1) is 16.7. The fraction of sp³-hybridized carbons (Fsp3) is 0.111. The van der Waals surface area contributed by atoms with Gasteiger partial charge in [0.15, 0.2) is 11.6 Å². The smallest absolute Gasteiger partial charge is 0.191 e. The number of carbonyl (C=O) groups is 2. The molecule has 3 rings (SSSR count). The molecule has 1 fully saturated rings. The Kier molecular flexibility index (Phi) is 5.61. The van der Waals surface area contributed by atoms with E-state index in [2.05, 4.69) is 9.97 Å². The predicted molar refractivity (Wildman–Crippen MR) is 102 cm³/mol. The number of allylic oxidation sites excluding steroid dienone is 3. The van der Waals surface area contributed by atoms with Crippen molar-refractivity contribution >= 4 is 47.2 Å². The van der Waals surface area contributed by atoms with Gasteiger partial charge in [-0.1, -0.05) is 0 Å². The second kappa shape index (κ2) is 8.08. The van der Waals surface area contributed by atoms with Crippen molar-refractivity contribution in [2.24, 2.45) is 0 Å². The van der Waals surface area contributed by atoms with Crippen LogP contribution in [0, 0.1) is 0 Å². The maximum absolute atomic E-state index is 12.6. The number of hydrogen-bond donors (Lipinski definition) is 2. The number of hydrogen-bond acceptors (Lipinski definition) is 4. The molecule has 2 aromatic rings. The molecular formula is C18H16N2O2S2. The molecule has 0 bridgehead atoms. The van der Waals surface area contributed by atoms with Crippen LogP contribution in [0.2, 0.25) is 0 Å². The van der Waals surface area contributed by atoms with Gasteiger partial charge in [0, 0.05) is 35.3 Å². The van der Waals surface area contributed by atoms with Gasteiger partial charge in [-0.3, -0.25) is 9.59 Å². The highest BCUT2D eigenvalue weighted by Crippen LogP contribution is 2.39. The van der Waals surface area contributed by atoms with E-state index in [1.807, 2.05) is 24.3 Å². The number of nitrogens with one attached hydrogen (secondary N) is 2. The molecular weight excluding hydrogens is 340 g/mol. The standard InChI is InChI=1S/C18H16N2O2S2/c21-15(7-5-13-3-1-9-19-13)17(18-23-11-12-24-18)16(22)8-6-14-4-2-10-20-14/h1-10,19-20H,11-12H2/b7-5+,8-6+. The van der Waals surface area contributed by atoms with Crippen LogP contribution in [-0.4, -0.2) is 33.0 Å². The zero-order chi connectivity index (χ0) is 16.8. The third-order valence-electron chi connectivity index (χ3n) is 3.32. The summed E-state index contributed by atoms with van der Waals surface area (Å²) in [6, 6.07) is 7.44. The molecule has 0 amide bonds. The Balaban J connectivity index is 1.82. The van der Waals surface area contributed by atoms with E-state index in [0.717, 1.165) is 27.1 Å². The summed E-state index contributed by atoms with van der Waals surface area (Å²) < 4.78 is 0.817. The largest absolute Gasteiger partial charge is 0.362 e. The summed E-state index contributed by atoms with van der Waals surface area (Å²) >= 11 is 3.14. The highest BCUT2D eigenvalue weighted by molar-refractivity contribution is 8.25. The van der Waals surface area contributed by atoms with Crippen molar-refractivity contribution in [3.05, 3.63) is 70.0 Å². The molecule has 0 saturated carbocycles. The van der Waals surface area contributed by atoms with Gasteiger partial charge in [0.05, 0.1) is 9.81 Å². The maximum Gasteiger partial charge on any atom is 0.191 e. The van der Waals surface area contributed by atoms with Gasteiger partial charge in [-0.05, 0) is 48.6 Å². The summed E-state index contributed by atoms with van der Waals surface area (Å²) in [6.07, 6.45) is 9.86. The summed E-state index contributed by atoms with van der Waals surface area (Å²) in [7, 11) is 0. The number of H-pyrrole nitrogens is 2. The van der Waals surface area contributed by atoms with Crippen LogP contribution >= 0.6 is 23.5 Å². The van der Waals surface area contributed by atoms with Crippen LogP contribution in [0.25, 0.3) is 12.2 Å². The van der Waals surface area contributed by atoms with Gasteiger partial charge in [0.2, 0.25) is 0 Å². The van der Waals surface area contributed by atoms with Gasteiger partial charge in [0.25, 0.3) is 0 Å². The molecule has 6 heteroatoms. The maximum atomic E-state index is 12.6. The van der Waals surface area contributed by atoms with Crippen molar-refractivity contribution in [2.45, 2.75) is 0 Å². The molecule has 1 aliphatic heterocycles. The molecule has 0 aromatic carbocycles. The molecule has 2 aromatic heterocycles. The Labute approximate surface area is 148 Å². The van der Waals surface area contributed by atoms with Gasteiger partial charge in [0.1, 0.15) is 0 Å². The quantitative estimate of drug-likeness (QED) is 0.468. The first-order chi connectivity index (χ1) is 11.7. The molecule has 1 aliphatic rings. The van der Waals surface area contributed by atoms with Gasteiger partial charge in [-0.15, -0.1) is 23.5 Å². The molecule has 1 saturated heterocycles. The monoisotopic (exact) mass is 356 g/mol. The highest BCUT2D eigenvalue weighted by Gasteiger charge is 2.23. The van der Waals surface area contributed by atoms with Crippen molar-refractivity contribution in [3.8, 4) is 0 Å². The van der Waals surface area contributed by atoms with E-state index in [-0.39, 0.29) is 17.1 Å². The summed E-state index contributed by atoms with van der Waals surface area (Å²) in [5.74, 6) is 1.32. The van der Waals surface area contributed by atoms with Crippen molar-refractivity contribution < 1.29 is 9.59 Å². The fourth-order valence-electron chi connectivity index (χ4n) is 2.17. The Bertz CT molecular complexity index is 734.